The molecule has 2 unspecified atom stereocenters. The second-order valence-electron chi connectivity index (χ2n) is 10.6. The SMILES string of the molecule is NCCC1c2cc(F)ccc2CCc2c(F)cccc21.NCCC1c2cc(F)ccc2CCc2c(F)cccc21. The topological polar surface area (TPSA) is 52.0 Å². The number of benzene rings is 4. The summed E-state index contributed by atoms with van der Waals surface area (Å²) in [6, 6.07) is 20.1. The van der Waals surface area contributed by atoms with E-state index in [4.69, 9.17) is 11.5 Å². The molecule has 4 aromatic carbocycles. The molecular formula is C34H34F4N2. The van der Waals surface area contributed by atoms with Crippen molar-refractivity contribution in [3.8, 4) is 0 Å². The Labute approximate surface area is 233 Å². The smallest absolute Gasteiger partial charge is 0.126 e. The Hall–Kier alpha value is -3.48. The highest BCUT2D eigenvalue weighted by atomic mass is 19.1. The van der Waals surface area contributed by atoms with Gasteiger partial charge in [0.2, 0.25) is 0 Å². The van der Waals surface area contributed by atoms with Gasteiger partial charge in [-0.25, -0.2) is 17.6 Å². The number of nitrogens with two attached hydrogens (primary N) is 2. The van der Waals surface area contributed by atoms with Crippen LogP contribution in [-0.2, 0) is 25.7 Å². The van der Waals surface area contributed by atoms with E-state index < -0.39 is 0 Å². The van der Waals surface area contributed by atoms with E-state index in [2.05, 4.69) is 0 Å². The highest BCUT2D eigenvalue weighted by Gasteiger charge is 2.26. The molecule has 0 bridgehead atoms. The van der Waals surface area contributed by atoms with Crippen LogP contribution in [0.4, 0.5) is 17.6 Å². The summed E-state index contributed by atoms with van der Waals surface area (Å²) in [5.41, 5.74) is 19.0. The third-order valence-electron chi connectivity index (χ3n) is 8.23. The maximum absolute atomic E-state index is 14.1. The summed E-state index contributed by atoms with van der Waals surface area (Å²) in [6.45, 7) is 0.993. The van der Waals surface area contributed by atoms with Gasteiger partial charge in [0, 0.05) is 11.8 Å². The number of hydrogen-bond acceptors (Lipinski definition) is 2. The van der Waals surface area contributed by atoms with E-state index >= 15 is 0 Å². The van der Waals surface area contributed by atoms with Gasteiger partial charge in [0.05, 0.1) is 0 Å². The number of rotatable bonds is 4. The molecule has 0 aromatic heterocycles. The fraction of sp³-hybridized carbons (Fsp3) is 0.294. The van der Waals surface area contributed by atoms with Gasteiger partial charge in [-0.1, -0.05) is 36.4 Å². The number of halogens is 4. The Morgan fingerprint density at radius 2 is 0.950 bits per heavy atom. The van der Waals surface area contributed by atoms with Crippen LogP contribution in [-0.4, -0.2) is 13.1 Å². The van der Waals surface area contributed by atoms with Gasteiger partial charge >= 0.3 is 0 Å². The lowest BCUT2D eigenvalue weighted by molar-refractivity contribution is 0.601. The number of fused-ring (bicyclic) bond motifs is 4. The van der Waals surface area contributed by atoms with Crippen LogP contribution in [0.3, 0.4) is 0 Å². The first-order valence-corrected chi connectivity index (χ1v) is 13.9. The van der Waals surface area contributed by atoms with Gasteiger partial charge in [0.1, 0.15) is 23.3 Å². The van der Waals surface area contributed by atoms with Gasteiger partial charge < -0.3 is 11.5 Å². The highest BCUT2D eigenvalue weighted by Crippen LogP contribution is 2.38. The Kier molecular flexibility index (Phi) is 8.67. The van der Waals surface area contributed by atoms with E-state index in [1.807, 2.05) is 24.3 Å². The van der Waals surface area contributed by atoms with Gasteiger partial charge in [0.15, 0.2) is 0 Å². The van der Waals surface area contributed by atoms with Gasteiger partial charge in [0.25, 0.3) is 0 Å². The van der Waals surface area contributed by atoms with E-state index in [0.717, 1.165) is 57.3 Å². The lowest BCUT2D eigenvalue weighted by Crippen LogP contribution is -2.11. The second-order valence-corrected chi connectivity index (χ2v) is 10.6. The zero-order valence-electron chi connectivity index (χ0n) is 22.4. The molecule has 0 radical (unpaired) electrons. The van der Waals surface area contributed by atoms with Crippen LogP contribution >= 0.6 is 0 Å². The molecule has 2 nitrogen and oxygen atoms in total. The summed E-state index contributed by atoms with van der Waals surface area (Å²) in [5.74, 6) is -0.857. The van der Waals surface area contributed by atoms with Crippen LogP contribution in [0.15, 0.2) is 72.8 Å². The molecule has 0 spiro atoms. The van der Waals surface area contributed by atoms with Gasteiger partial charge in [-0.3, -0.25) is 0 Å². The predicted octanol–water partition coefficient (Wildman–Crippen LogP) is 7.09. The van der Waals surface area contributed by atoms with Crippen molar-refractivity contribution >= 4 is 0 Å². The van der Waals surface area contributed by atoms with Crippen LogP contribution in [0.2, 0.25) is 0 Å². The normalized spacial score (nSPS) is 17.2. The van der Waals surface area contributed by atoms with E-state index in [1.165, 1.54) is 24.3 Å². The van der Waals surface area contributed by atoms with Gasteiger partial charge in [-0.2, -0.15) is 0 Å². The molecule has 4 N–H and O–H groups in total. The number of hydrogen-bond donors (Lipinski definition) is 2. The maximum atomic E-state index is 14.1. The molecule has 4 aromatic rings. The van der Waals surface area contributed by atoms with Crippen LogP contribution in [0, 0.1) is 23.3 Å². The third kappa shape index (κ3) is 5.70. The minimum absolute atomic E-state index is 0.0149. The van der Waals surface area contributed by atoms with Crippen LogP contribution in [0.1, 0.15) is 69.2 Å². The van der Waals surface area contributed by atoms with E-state index in [9.17, 15) is 17.6 Å². The molecule has 6 rings (SSSR count). The summed E-state index contributed by atoms with van der Waals surface area (Å²) in [4.78, 5) is 0. The lowest BCUT2D eigenvalue weighted by Gasteiger charge is -2.20. The molecular weight excluding hydrogens is 512 g/mol. The van der Waals surface area contributed by atoms with E-state index in [-0.39, 0.29) is 35.1 Å². The van der Waals surface area contributed by atoms with Crippen molar-refractivity contribution in [1.82, 2.24) is 0 Å². The predicted molar refractivity (Wildman–Crippen MR) is 151 cm³/mol. The monoisotopic (exact) mass is 546 g/mol. The van der Waals surface area contributed by atoms with Crippen LogP contribution in [0.5, 0.6) is 0 Å². The second kappa shape index (κ2) is 12.4. The molecule has 0 fully saturated rings. The van der Waals surface area contributed by atoms with Gasteiger partial charge in [-0.05, 0) is 133 Å². The molecule has 0 heterocycles. The highest BCUT2D eigenvalue weighted by molar-refractivity contribution is 5.47. The Bertz CT molecular complexity index is 1380. The molecule has 2 atom stereocenters. The average Bonchev–Trinajstić information content (AvgIpc) is 3.19. The molecule has 40 heavy (non-hydrogen) atoms. The summed E-state index contributed by atoms with van der Waals surface area (Å²) < 4.78 is 55.3. The van der Waals surface area contributed by atoms with Crippen LogP contribution < -0.4 is 11.5 Å². The summed E-state index contributed by atoms with van der Waals surface area (Å²) in [7, 11) is 0. The number of aryl methyl sites for hydroxylation is 2. The zero-order chi connectivity index (χ0) is 28.2. The quantitative estimate of drug-likeness (QED) is 0.269. The van der Waals surface area contributed by atoms with Crippen molar-refractivity contribution in [3.63, 3.8) is 0 Å². The molecule has 0 amide bonds. The molecule has 6 heteroatoms. The van der Waals surface area contributed by atoms with Crippen molar-refractivity contribution in [2.75, 3.05) is 13.1 Å². The molecule has 2 aliphatic carbocycles. The first kappa shape index (κ1) is 28.1. The molecule has 2 aliphatic rings. The maximum Gasteiger partial charge on any atom is 0.126 e. The van der Waals surface area contributed by atoms with Crippen molar-refractivity contribution in [2.45, 2.75) is 50.4 Å². The fourth-order valence-electron chi connectivity index (χ4n) is 6.38. The largest absolute Gasteiger partial charge is 0.330 e. The molecule has 0 aliphatic heterocycles. The first-order chi connectivity index (χ1) is 19.4. The van der Waals surface area contributed by atoms with Crippen LogP contribution in [0.25, 0.3) is 0 Å². The first-order valence-electron chi connectivity index (χ1n) is 13.9. The van der Waals surface area contributed by atoms with E-state index in [1.54, 1.807) is 24.3 Å². The molecule has 0 saturated heterocycles. The third-order valence-corrected chi connectivity index (χ3v) is 8.23. The van der Waals surface area contributed by atoms with Crippen molar-refractivity contribution in [1.29, 1.82) is 0 Å². The summed E-state index contributed by atoms with van der Waals surface area (Å²) in [6.07, 6.45) is 4.19. The standard InChI is InChI=1S/2C17H17F2N/c2*18-12-6-4-11-5-7-15-13(2-1-3-17(15)19)14(8-9-20)16(11)10-12/h2*1-4,6,10,14H,5,7-9,20H2. The summed E-state index contributed by atoms with van der Waals surface area (Å²) in [5, 5.41) is 0. The Morgan fingerprint density at radius 1 is 0.525 bits per heavy atom. The van der Waals surface area contributed by atoms with Crippen molar-refractivity contribution < 1.29 is 17.6 Å². The van der Waals surface area contributed by atoms with Crippen molar-refractivity contribution in [2.24, 2.45) is 11.5 Å². The Morgan fingerprint density at radius 3 is 1.35 bits per heavy atom. The van der Waals surface area contributed by atoms with Gasteiger partial charge in [-0.15, -0.1) is 0 Å². The lowest BCUT2D eigenvalue weighted by atomic mass is 9.85. The molecule has 208 valence electrons. The minimum atomic E-state index is -0.245. The summed E-state index contributed by atoms with van der Waals surface area (Å²) >= 11 is 0. The Balaban J connectivity index is 0.000000161. The molecule has 0 saturated carbocycles. The van der Waals surface area contributed by atoms with E-state index in [0.29, 0.717) is 38.8 Å². The minimum Gasteiger partial charge on any atom is -0.330 e. The average molecular weight is 547 g/mol. The zero-order valence-corrected chi connectivity index (χ0v) is 22.4. The van der Waals surface area contributed by atoms with Crippen molar-refractivity contribution in [3.05, 3.63) is 141 Å². The fourth-order valence-corrected chi connectivity index (χ4v) is 6.38.